The van der Waals surface area contributed by atoms with E-state index in [-0.39, 0.29) is 6.04 Å². The van der Waals surface area contributed by atoms with Crippen LogP contribution in [0, 0.1) is 0 Å². The van der Waals surface area contributed by atoms with E-state index in [1.165, 1.54) is 19.3 Å². The number of nitrogens with zero attached hydrogens (tertiary/aromatic N) is 1. The second-order valence-corrected chi connectivity index (χ2v) is 4.88. The molecule has 3 nitrogen and oxygen atoms in total. The van der Waals surface area contributed by atoms with Crippen LogP contribution in [0.1, 0.15) is 50.7 Å². The van der Waals surface area contributed by atoms with Gasteiger partial charge in [0.25, 0.3) is 0 Å². The maximum Gasteiger partial charge on any atom is 0.122 e. The summed E-state index contributed by atoms with van der Waals surface area (Å²) in [6.07, 6.45) is 4.76. The van der Waals surface area contributed by atoms with Gasteiger partial charge >= 0.3 is 0 Å². The van der Waals surface area contributed by atoms with Gasteiger partial charge in [0.2, 0.25) is 0 Å². The van der Waals surface area contributed by atoms with Crippen molar-refractivity contribution in [1.82, 2.24) is 4.90 Å². The van der Waals surface area contributed by atoms with E-state index in [0.717, 1.165) is 30.5 Å². The van der Waals surface area contributed by atoms with Crippen molar-refractivity contribution in [2.45, 2.75) is 51.6 Å². The lowest BCUT2D eigenvalue weighted by Crippen LogP contribution is -2.35. The van der Waals surface area contributed by atoms with Crippen LogP contribution >= 0.6 is 0 Å². The van der Waals surface area contributed by atoms with E-state index in [4.69, 9.17) is 10.2 Å². The third kappa shape index (κ3) is 2.90. The van der Waals surface area contributed by atoms with Gasteiger partial charge in [0.05, 0.1) is 6.04 Å². The van der Waals surface area contributed by atoms with E-state index < -0.39 is 0 Å². The normalized spacial score (nSPS) is 17.6. The Balaban J connectivity index is 2.12. The van der Waals surface area contributed by atoms with Crippen LogP contribution in [0.2, 0.25) is 0 Å². The number of hydrogen-bond donors (Lipinski definition) is 1. The van der Waals surface area contributed by atoms with Gasteiger partial charge in [-0.2, -0.15) is 0 Å². The van der Waals surface area contributed by atoms with Crippen molar-refractivity contribution in [2.75, 3.05) is 13.1 Å². The maximum absolute atomic E-state index is 5.95. The zero-order valence-electron chi connectivity index (χ0n) is 11.0. The molecule has 0 aromatic carbocycles. The molecule has 1 fully saturated rings. The summed E-state index contributed by atoms with van der Waals surface area (Å²) in [4.78, 5) is 2.53. The molecule has 0 amide bonds. The molecule has 1 unspecified atom stereocenters. The van der Waals surface area contributed by atoms with E-state index in [0.29, 0.717) is 6.54 Å². The summed E-state index contributed by atoms with van der Waals surface area (Å²) < 4.78 is 5.87. The van der Waals surface area contributed by atoms with Crippen molar-refractivity contribution in [3.63, 3.8) is 0 Å². The highest BCUT2D eigenvalue weighted by molar-refractivity contribution is 5.12. The molecule has 1 aliphatic carbocycles. The summed E-state index contributed by atoms with van der Waals surface area (Å²) in [7, 11) is 0. The second kappa shape index (κ2) is 5.69. The average molecular weight is 236 g/mol. The van der Waals surface area contributed by atoms with Gasteiger partial charge in [0, 0.05) is 19.0 Å². The minimum Gasteiger partial charge on any atom is -0.464 e. The highest BCUT2D eigenvalue weighted by atomic mass is 16.3. The number of hydrogen-bond acceptors (Lipinski definition) is 3. The summed E-state index contributed by atoms with van der Waals surface area (Å²) in [5.74, 6) is 2.11. The molecule has 2 N–H and O–H groups in total. The largest absolute Gasteiger partial charge is 0.464 e. The fourth-order valence-corrected chi connectivity index (χ4v) is 2.44. The molecule has 2 rings (SSSR count). The predicted molar refractivity (Wildman–Crippen MR) is 69.9 cm³/mol. The molecule has 0 radical (unpaired) electrons. The van der Waals surface area contributed by atoms with Crippen LogP contribution in [0.25, 0.3) is 0 Å². The monoisotopic (exact) mass is 236 g/mol. The first-order valence-electron chi connectivity index (χ1n) is 6.84. The number of aryl methyl sites for hydroxylation is 1. The summed E-state index contributed by atoms with van der Waals surface area (Å²) in [5.41, 5.74) is 5.95. The van der Waals surface area contributed by atoms with Crippen molar-refractivity contribution in [2.24, 2.45) is 5.73 Å². The molecule has 1 heterocycles. The Kier molecular flexibility index (Phi) is 4.24. The lowest BCUT2D eigenvalue weighted by molar-refractivity contribution is 0.168. The van der Waals surface area contributed by atoms with Crippen LogP contribution in [0.5, 0.6) is 0 Å². The van der Waals surface area contributed by atoms with Crippen LogP contribution in [0.4, 0.5) is 0 Å². The van der Waals surface area contributed by atoms with E-state index in [1.54, 1.807) is 0 Å². The van der Waals surface area contributed by atoms with Crippen molar-refractivity contribution < 1.29 is 4.42 Å². The first-order chi connectivity index (χ1) is 8.30. The van der Waals surface area contributed by atoms with Gasteiger partial charge in [-0.1, -0.05) is 13.8 Å². The molecule has 1 atom stereocenters. The summed E-state index contributed by atoms with van der Waals surface area (Å²) in [6.45, 7) is 6.11. The first kappa shape index (κ1) is 12.7. The molecule has 17 heavy (non-hydrogen) atoms. The zero-order valence-corrected chi connectivity index (χ0v) is 11.0. The van der Waals surface area contributed by atoms with Crippen molar-refractivity contribution in [3.8, 4) is 0 Å². The molecular formula is C14H24N2O. The van der Waals surface area contributed by atoms with E-state index >= 15 is 0 Å². The Morgan fingerprint density at radius 3 is 2.65 bits per heavy atom. The van der Waals surface area contributed by atoms with Crippen molar-refractivity contribution >= 4 is 0 Å². The third-order valence-corrected chi connectivity index (χ3v) is 3.48. The van der Waals surface area contributed by atoms with Crippen LogP contribution in [-0.2, 0) is 6.42 Å². The van der Waals surface area contributed by atoms with Crippen molar-refractivity contribution in [1.29, 1.82) is 0 Å². The van der Waals surface area contributed by atoms with E-state index in [1.807, 2.05) is 0 Å². The fraction of sp³-hybridized carbons (Fsp3) is 0.714. The summed E-state index contributed by atoms with van der Waals surface area (Å²) >= 11 is 0. The summed E-state index contributed by atoms with van der Waals surface area (Å²) in [6, 6.07) is 5.18. The van der Waals surface area contributed by atoms with Gasteiger partial charge in [-0.3, -0.25) is 4.90 Å². The number of furan rings is 1. The Morgan fingerprint density at radius 1 is 1.41 bits per heavy atom. The first-order valence-corrected chi connectivity index (χ1v) is 6.84. The van der Waals surface area contributed by atoms with E-state index in [2.05, 4.69) is 30.9 Å². The third-order valence-electron chi connectivity index (χ3n) is 3.48. The summed E-state index contributed by atoms with van der Waals surface area (Å²) in [5, 5.41) is 0. The standard InChI is InChI=1S/C14H24N2O/c1-3-9-16(11-5-6-11)13(10-15)14-8-7-12(4-2)17-14/h7-8,11,13H,3-6,9-10,15H2,1-2H3. The number of nitrogens with two attached hydrogens (primary N) is 1. The molecule has 0 aliphatic heterocycles. The van der Waals surface area contributed by atoms with Gasteiger partial charge in [0.15, 0.2) is 0 Å². The number of rotatable bonds is 7. The molecule has 96 valence electrons. The molecule has 1 saturated carbocycles. The highest BCUT2D eigenvalue weighted by Gasteiger charge is 2.34. The maximum atomic E-state index is 5.95. The molecular weight excluding hydrogens is 212 g/mol. The minimum atomic E-state index is 0.266. The second-order valence-electron chi connectivity index (χ2n) is 4.88. The smallest absolute Gasteiger partial charge is 0.122 e. The molecule has 0 saturated heterocycles. The predicted octanol–water partition coefficient (Wildman–Crippen LogP) is 2.72. The van der Waals surface area contributed by atoms with E-state index in [9.17, 15) is 0 Å². The fourth-order valence-electron chi connectivity index (χ4n) is 2.44. The Hall–Kier alpha value is -0.800. The Bertz CT molecular complexity index is 344. The molecule has 0 spiro atoms. The van der Waals surface area contributed by atoms with Crippen LogP contribution < -0.4 is 5.73 Å². The Morgan fingerprint density at radius 2 is 2.18 bits per heavy atom. The zero-order chi connectivity index (χ0) is 12.3. The van der Waals surface area contributed by atoms with Gasteiger partial charge in [-0.25, -0.2) is 0 Å². The topological polar surface area (TPSA) is 42.4 Å². The molecule has 1 aliphatic rings. The molecule has 0 bridgehead atoms. The lowest BCUT2D eigenvalue weighted by atomic mass is 10.1. The lowest BCUT2D eigenvalue weighted by Gasteiger charge is -2.29. The highest BCUT2D eigenvalue weighted by Crippen LogP contribution is 2.34. The molecule has 1 aromatic rings. The van der Waals surface area contributed by atoms with Gasteiger partial charge < -0.3 is 10.2 Å². The van der Waals surface area contributed by atoms with Gasteiger partial charge in [-0.15, -0.1) is 0 Å². The SMILES string of the molecule is CCCN(C1CC1)C(CN)c1ccc(CC)o1. The van der Waals surface area contributed by atoms with Gasteiger partial charge in [0.1, 0.15) is 11.5 Å². The van der Waals surface area contributed by atoms with Gasteiger partial charge in [-0.05, 0) is 37.9 Å². The minimum absolute atomic E-state index is 0.266. The van der Waals surface area contributed by atoms with Crippen LogP contribution in [0.15, 0.2) is 16.5 Å². The van der Waals surface area contributed by atoms with Crippen LogP contribution in [-0.4, -0.2) is 24.0 Å². The molecule has 1 aromatic heterocycles. The quantitative estimate of drug-likeness (QED) is 0.791. The Labute approximate surface area is 104 Å². The molecule has 3 heteroatoms. The van der Waals surface area contributed by atoms with Crippen molar-refractivity contribution in [3.05, 3.63) is 23.7 Å². The van der Waals surface area contributed by atoms with Crippen LogP contribution in [0.3, 0.4) is 0 Å². The average Bonchev–Trinajstić information content (AvgIpc) is 3.08.